The summed E-state index contributed by atoms with van der Waals surface area (Å²) in [7, 11) is 0. The van der Waals surface area contributed by atoms with Crippen LogP contribution >= 0.6 is 0 Å². The van der Waals surface area contributed by atoms with Gasteiger partial charge in [0.1, 0.15) is 0 Å². The summed E-state index contributed by atoms with van der Waals surface area (Å²) in [5, 5.41) is 11.8. The Morgan fingerprint density at radius 2 is 2.05 bits per heavy atom. The van der Waals surface area contributed by atoms with Crippen molar-refractivity contribution >= 4 is 11.9 Å². The highest BCUT2D eigenvalue weighted by atomic mass is 16.5. The Morgan fingerprint density at radius 3 is 2.68 bits per heavy atom. The number of carboxylic acid groups (broad SMARTS) is 1. The first-order valence-electron chi connectivity index (χ1n) is 7.83. The van der Waals surface area contributed by atoms with Gasteiger partial charge in [0.2, 0.25) is 5.91 Å². The van der Waals surface area contributed by atoms with E-state index in [9.17, 15) is 9.59 Å². The highest BCUT2D eigenvalue weighted by Crippen LogP contribution is 2.19. The number of rotatable bonds is 7. The van der Waals surface area contributed by atoms with Gasteiger partial charge in [-0.3, -0.25) is 9.59 Å². The molecule has 5 nitrogen and oxygen atoms in total. The zero-order valence-corrected chi connectivity index (χ0v) is 12.7. The summed E-state index contributed by atoms with van der Waals surface area (Å²) in [6.07, 6.45) is 4.36. The fourth-order valence-corrected chi connectivity index (χ4v) is 2.71. The van der Waals surface area contributed by atoms with Crippen LogP contribution in [-0.2, 0) is 14.3 Å². The number of amides is 1. The lowest BCUT2D eigenvalue weighted by atomic mass is 10.0. The van der Waals surface area contributed by atoms with E-state index < -0.39 is 12.0 Å². The number of carboxylic acids is 1. The SMILES string of the molecule is O=C(O)CC(NC(=O)CCC1CCCCO1)c1ccccc1. The van der Waals surface area contributed by atoms with Gasteiger partial charge in [-0.1, -0.05) is 30.3 Å². The topological polar surface area (TPSA) is 75.6 Å². The molecule has 1 aromatic rings. The van der Waals surface area contributed by atoms with E-state index in [1.165, 1.54) is 0 Å². The fraction of sp³-hybridized carbons (Fsp3) is 0.529. The zero-order chi connectivity index (χ0) is 15.8. The molecule has 2 rings (SSSR count). The predicted molar refractivity (Wildman–Crippen MR) is 82.4 cm³/mol. The van der Waals surface area contributed by atoms with E-state index in [1.807, 2.05) is 30.3 Å². The monoisotopic (exact) mass is 305 g/mol. The molecule has 0 radical (unpaired) electrons. The molecule has 1 aliphatic heterocycles. The number of nitrogens with one attached hydrogen (secondary N) is 1. The maximum absolute atomic E-state index is 12.1. The largest absolute Gasteiger partial charge is 0.481 e. The van der Waals surface area contributed by atoms with Gasteiger partial charge in [0, 0.05) is 13.0 Å². The van der Waals surface area contributed by atoms with Gasteiger partial charge >= 0.3 is 5.97 Å². The summed E-state index contributed by atoms with van der Waals surface area (Å²) in [4.78, 5) is 23.1. The fourth-order valence-electron chi connectivity index (χ4n) is 2.71. The third-order valence-electron chi connectivity index (χ3n) is 3.88. The van der Waals surface area contributed by atoms with Crippen molar-refractivity contribution in [1.82, 2.24) is 5.32 Å². The third-order valence-corrected chi connectivity index (χ3v) is 3.88. The average molecular weight is 305 g/mol. The summed E-state index contributed by atoms with van der Waals surface area (Å²) in [5.41, 5.74) is 0.812. The van der Waals surface area contributed by atoms with E-state index in [0.29, 0.717) is 12.8 Å². The lowest BCUT2D eigenvalue weighted by Crippen LogP contribution is -2.31. The van der Waals surface area contributed by atoms with Crippen LogP contribution in [0.2, 0.25) is 0 Å². The van der Waals surface area contributed by atoms with Crippen LogP contribution in [0.1, 0.15) is 50.1 Å². The molecular weight excluding hydrogens is 282 g/mol. The maximum Gasteiger partial charge on any atom is 0.305 e. The zero-order valence-electron chi connectivity index (χ0n) is 12.7. The van der Waals surface area contributed by atoms with E-state index in [4.69, 9.17) is 9.84 Å². The van der Waals surface area contributed by atoms with Crippen LogP contribution in [0.3, 0.4) is 0 Å². The van der Waals surface area contributed by atoms with Crippen molar-refractivity contribution < 1.29 is 19.4 Å². The Hall–Kier alpha value is -1.88. The van der Waals surface area contributed by atoms with Crippen molar-refractivity contribution in [3.63, 3.8) is 0 Å². The molecule has 1 heterocycles. The van der Waals surface area contributed by atoms with E-state index >= 15 is 0 Å². The molecule has 0 aliphatic carbocycles. The third kappa shape index (κ3) is 5.48. The van der Waals surface area contributed by atoms with Crippen molar-refractivity contribution in [2.45, 2.75) is 50.7 Å². The van der Waals surface area contributed by atoms with Gasteiger partial charge < -0.3 is 15.2 Å². The normalized spacial score (nSPS) is 19.4. The van der Waals surface area contributed by atoms with E-state index in [-0.39, 0.29) is 18.4 Å². The maximum atomic E-state index is 12.1. The summed E-state index contributed by atoms with van der Waals surface area (Å²) >= 11 is 0. The Morgan fingerprint density at radius 1 is 1.27 bits per heavy atom. The average Bonchev–Trinajstić information content (AvgIpc) is 2.54. The van der Waals surface area contributed by atoms with Crippen LogP contribution in [0.15, 0.2) is 30.3 Å². The quantitative estimate of drug-likeness (QED) is 0.812. The molecule has 2 unspecified atom stereocenters. The van der Waals surface area contributed by atoms with E-state index in [0.717, 1.165) is 31.4 Å². The number of hydrogen-bond acceptors (Lipinski definition) is 3. The lowest BCUT2D eigenvalue weighted by molar-refractivity contribution is -0.137. The molecule has 1 amide bonds. The molecule has 1 aliphatic rings. The molecular formula is C17H23NO4. The second kappa shape index (κ2) is 8.54. The summed E-state index contributed by atoms with van der Waals surface area (Å²) < 4.78 is 5.61. The van der Waals surface area contributed by atoms with E-state index in [2.05, 4.69) is 5.32 Å². The first kappa shape index (κ1) is 16.5. The van der Waals surface area contributed by atoms with Gasteiger partial charge in [-0.2, -0.15) is 0 Å². The molecule has 120 valence electrons. The second-order valence-corrected chi connectivity index (χ2v) is 5.66. The Kier molecular flexibility index (Phi) is 6.40. The Labute approximate surface area is 130 Å². The number of aliphatic carboxylic acids is 1. The smallest absolute Gasteiger partial charge is 0.305 e. The highest BCUT2D eigenvalue weighted by Gasteiger charge is 2.20. The number of ether oxygens (including phenoxy) is 1. The number of carbonyl (C=O) groups is 2. The first-order valence-corrected chi connectivity index (χ1v) is 7.83. The van der Waals surface area contributed by atoms with Crippen LogP contribution in [0.5, 0.6) is 0 Å². The minimum absolute atomic E-state index is 0.115. The van der Waals surface area contributed by atoms with Gasteiger partial charge in [-0.25, -0.2) is 0 Å². The minimum Gasteiger partial charge on any atom is -0.481 e. The van der Waals surface area contributed by atoms with Gasteiger partial charge in [0.25, 0.3) is 0 Å². The standard InChI is InChI=1S/C17H23NO4/c19-16(10-9-14-8-4-5-11-22-14)18-15(12-17(20)21)13-6-2-1-3-7-13/h1-3,6-7,14-15H,4-5,8-12H2,(H,18,19)(H,20,21). The molecule has 1 fully saturated rings. The predicted octanol–water partition coefficient (Wildman–Crippen LogP) is 2.67. The summed E-state index contributed by atoms with van der Waals surface area (Å²) in [6, 6.07) is 8.72. The van der Waals surface area contributed by atoms with Gasteiger partial charge in [0.15, 0.2) is 0 Å². The first-order chi connectivity index (χ1) is 10.6. The van der Waals surface area contributed by atoms with Crippen LogP contribution in [0.4, 0.5) is 0 Å². The van der Waals surface area contributed by atoms with Crippen molar-refractivity contribution in [2.24, 2.45) is 0 Å². The number of hydrogen-bond donors (Lipinski definition) is 2. The minimum atomic E-state index is -0.926. The molecule has 0 spiro atoms. The molecule has 2 N–H and O–H groups in total. The molecule has 5 heteroatoms. The Balaban J connectivity index is 1.86. The summed E-state index contributed by atoms with van der Waals surface area (Å²) in [6.45, 7) is 0.776. The molecule has 0 saturated carbocycles. The van der Waals surface area contributed by atoms with Gasteiger partial charge in [-0.15, -0.1) is 0 Å². The van der Waals surface area contributed by atoms with Crippen LogP contribution in [0, 0.1) is 0 Å². The van der Waals surface area contributed by atoms with Crippen LogP contribution in [-0.4, -0.2) is 29.7 Å². The van der Waals surface area contributed by atoms with Crippen molar-refractivity contribution in [1.29, 1.82) is 0 Å². The summed E-state index contributed by atoms with van der Waals surface area (Å²) in [5.74, 6) is -1.05. The van der Waals surface area contributed by atoms with Crippen LogP contribution < -0.4 is 5.32 Å². The van der Waals surface area contributed by atoms with Gasteiger partial charge in [-0.05, 0) is 31.2 Å². The van der Waals surface area contributed by atoms with Crippen molar-refractivity contribution in [3.8, 4) is 0 Å². The molecule has 0 aromatic heterocycles. The number of carbonyl (C=O) groups excluding carboxylic acids is 1. The molecule has 2 atom stereocenters. The van der Waals surface area contributed by atoms with Crippen molar-refractivity contribution in [2.75, 3.05) is 6.61 Å². The highest BCUT2D eigenvalue weighted by molar-refractivity contribution is 5.77. The molecule has 1 aromatic carbocycles. The van der Waals surface area contributed by atoms with Crippen molar-refractivity contribution in [3.05, 3.63) is 35.9 Å². The second-order valence-electron chi connectivity index (χ2n) is 5.66. The molecule has 0 bridgehead atoms. The molecule has 1 saturated heterocycles. The van der Waals surface area contributed by atoms with Crippen LogP contribution in [0.25, 0.3) is 0 Å². The molecule has 22 heavy (non-hydrogen) atoms. The van der Waals surface area contributed by atoms with E-state index in [1.54, 1.807) is 0 Å². The lowest BCUT2D eigenvalue weighted by Gasteiger charge is -2.23. The number of benzene rings is 1. The Bertz CT molecular complexity index is 483. The van der Waals surface area contributed by atoms with Gasteiger partial charge in [0.05, 0.1) is 18.6 Å².